The van der Waals surface area contributed by atoms with Crippen molar-refractivity contribution in [2.75, 3.05) is 0 Å². The van der Waals surface area contributed by atoms with E-state index < -0.39 is 5.97 Å². The molecule has 0 radical (unpaired) electrons. The fraction of sp³-hybridized carbons (Fsp3) is 0.667. The van der Waals surface area contributed by atoms with Gasteiger partial charge in [0.15, 0.2) is 0 Å². The van der Waals surface area contributed by atoms with E-state index in [0.29, 0.717) is 5.57 Å². The number of hydrogen-bond acceptors (Lipinski definition) is 3. The van der Waals surface area contributed by atoms with Crippen LogP contribution in [0.4, 0.5) is 0 Å². The van der Waals surface area contributed by atoms with Gasteiger partial charge in [-0.2, -0.15) is 5.26 Å². The van der Waals surface area contributed by atoms with Gasteiger partial charge in [-0.15, -0.1) is 0 Å². The first-order chi connectivity index (χ1) is 5.45. The molecule has 3 nitrogen and oxygen atoms in total. The molecule has 0 saturated heterocycles. The zero-order chi connectivity index (χ0) is 9.78. The second-order valence-electron chi connectivity index (χ2n) is 3.49. The van der Waals surface area contributed by atoms with E-state index in [2.05, 4.69) is 11.5 Å². The zero-order valence-electron chi connectivity index (χ0n) is 7.89. The van der Waals surface area contributed by atoms with Crippen molar-refractivity contribution in [1.29, 1.82) is 0 Å². The van der Waals surface area contributed by atoms with E-state index in [-0.39, 0.29) is 5.41 Å². The van der Waals surface area contributed by atoms with Gasteiger partial charge in [-0.3, -0.25) is 4.89 Å². The molecular weight excluding hydrogens is 156 g/mol. The van der Waals surface area contributed by atoms with Gasteiger partial charge in [0, 0.05) is 5.57 Å². The highest BCUT2D eigenvalue weighted by Gasteiger charge is 2.27. The first kappa shape index (κ1) is 11.2. The monoisotopic (exact) mass is 172 g/mol. The molecule has 0 aromatic carbocycles. The summed E-state index contributed by atoms with van der Waals surface area (Å²) in [5.74, 6) is -0.742. The van der Waals surface area contributed by atoms with Crippen LogP contribution in [0.15, 0.2) is 12.2 Å². The average Bonchev–Trinajstić information content (AvgIpc) is 2.01. The second-order valence-corrected chi connectivity index (χ2v) is 3.49. The molecule has 0 heterocycles. The Morgan fingerprint density at radius 1 is 1.58 bits per heavy atom. The third-order valence-electron chi connectivity index (χ3n) is 2.02. The van der Waals surface area contributed by atoms with Gasteiger partial charge in [0.2, 0.25) is 0 Å². The van der Waals surface area contributed by atoms with Crippen LogP contribution in [-0.4, -0.2) is 11.2 Å². The summed E-state index contributed by atoms with van der Waals surface area (Å²) in [5.41, 5.74) is 0.0148. The van der Waals surface area contributed by atoms with Crippen LogP contribution >= 0.6 is 0 Å². The smallest absolute Gasteiger partial charge is 0.296 e. The minimum absolute atomic E-state index is 0.297. The van der Waals surface area contributed by atoms with Crippen LogP contribution in [0.1, 0.15) is 33.6 Å². The molecule has 0 fully saturated rings. The normalized spacial score (nSPS) is 11.0. The van der Waals surface area contributed by atoms with Crippen molar-refractivity contribution in [1.82, 2.24) is 0 Å². The van der Waals surface area contributed by atoms with Gasteiger partial charge in [-0.05, 0) is 11.8 Å². The standard InChI is InChI=1S/C9H16O3/c1-5-6-9(3,4)7(2)8(10)12-11/h11H,2,5-6H2,1,3-4H3. The van der Waals surface area contributed by atoms with Gasteiger partial charge < -0.3 is 0 Å². The number of rotatable bonds is 4. The van der Waals surface area contributed by atoms with Crippen molar-refractivity contribution in [2.45, 2.75) is 33.6 Å². The molecule has 0 aromatic rings. The van der Waals surface area contributed by atoms with Crippen molar-refractivity contribution in [3.8, 4) is 0 Å². The van der Waals surface area contributed by atoms with Crippen LogP contribution in [0.2, 0.25) is 0 Å². The van der Waals surface area contributed by atoms with E-state index in [9.17, 15) is 4.79 Å². The lowest BCUT2D eigenvalue weighted by molar-refractivity contribution is -0.230. The quantitative estimate of drug-likeness (QED) is 0.402. The molecule has 0 aliphatic heterocycles. The molecule has 0 aliphatic carbocycles. The summed E-state index contributed by atoms with van der Waals surface area (Å²) in [5, 5.41) is 8.13. The summed E-state index contributed by atoms with van der Waals surface area (Å²) < 4.78 is 0. The highest BCUT2D eigenvalue weighted by molar-refractivity contribution is 5.88. The van der Waals surface area contributed by atoms with Crippen LogP contribution in [0, 0.1) is 5.41 Å². The predicted molar refractivity (Wildman–Crippen MR) is 46.5 cm³/mol. The van der Waals surface area contributed by atoms with E-state index >= 15 is 0 Å². The SMILES string of the molecule is C=C(C(=O)OO)C(C)(C)CCC. The van der Waals surface area contributed by atoms with Crippen LogP contribution < -0.4 is 0 Å². The van der Waals surface area contributed by atoms with Crippen LogP contribution in [0.5, 0.6) is 0 Å². The van der Waals surface area contributed by atoms with E-state index in [1.807, 2.05) is 20.8 Å². The Kier molecular flexibility index (Phi) is 3.96. The maximum Gasteiger partial charge on any atom is 0.368 e. The Labute approximate surface area is 73.0 Å². The van der Waals surface area contributed by atoms with Crippen molar-refractivity contribution in [2.24, 2.45) is 5.41 Å². The van der Waals surface area contributed by atoms with Crippen molar-refractivity contribution in [3.63, 3.8) is 0 Å². The molecule has 0 atom stereocenters. The molecule has 0 aliphatic rings. The number of hydrogen-bond donors (Lipinski definition) is 1. The largest absolute Gasteiger partial charge is 0.368 e. The van der Waals surface area contributed by atoms with Gasteiger partial charge in [0.1, 0.15) is 0 Å². The van der Waals surface area contributed by atoms with E-state index in [1.54, 1.807) is 0 Å². The zero-order valence-corrected chi connectivity index (χ0v) is 7.89. The van der Waals surface area contributed by atoms with Gasteiger partial charge in [0.05, 0.1) is 0 Å². The Bertz CT molecular complexity index is 182. The van der Waals surface area contributed by atoms with E-state index in [1.165, 1.54) is 0 Å². The maximum absolute atomic E-state index is 10.9. The average molecular weight is 172 g/mol. The number of carbonyl (C=O) groups excluding carboxylic acids is 1. The molecule has 0 bridgehead atoms. The molecule has 1 N–H and O–H groups in total. The fourth-order valence-electron chi connectivity index (χ4n) is 1.11. The summed E-state index contributed by atoms with van der Waals surface area (Å²) in [7, 11) is 0. The summed E-state index contributed by atoms with van der Waals surface area (Å²) >= 11 is 0. The third-order valence-corrected chi connectivity index (χ3v) is 2.02. The topological polar surface area (TPSA) is 46.5 Å². The van der Waals surface area contributed by atoms with Crippen LogP contribution in [0.3, 0.4) is 0 Å². The van der Waals surface area contributed by atoms with Gasteiger partial charge in [-0.1, -0.05) is 33.8 Å². The summed E-state index contributed by atoms with van der Waals surface area (Å²) in [6.07, 6.45) is 1.81. The predicted octanol–water partition coefficient (Wildman–Crippen LogP) is 2.39. The summed E-state index contributed by atoms with van der Waals surface area (Å²) in [6.45, 7) is 9.41. The second kappa shape index (κ2) is 4.26. The molecule has 0 aromatic heterocycles. The van der Waals surface area contributed by atoms with Gasteiger partial charge in [0.25, 0.3) is 0 Å². The van der Waals surface area contributed by atoms with Crippen LogP contribution in [0.25, 0.3) is 0 Å². The summed E-state index contributed by atoms with van der Waals surface area (Å²) in [6, 6.07) is 0. The molecule has 0 unspecified atom stereocenters. The highest BCUT2D eigenvalue weighted by Crippen LogP contribution is 2.30. The molecule has 0 saturated carbocycles. The van der Waals surface area contributed by atoms with Crippen molar-refractivity contribution >= 4 is 5.97 Å². The van der Waals surface area contributed by atoms with Gasteiger partial charge >= 0.3 is 5.97 Å². The lowest BCUT2D eigenvalue weighted by Gasteiger charge is -2.23. The molecular formula is C9H16O3. The van der Waals surface area contributed by atoms with E-state index in [4.69, 9.17) is 5.26 Å². The Hall–Kier alpha value is -0.830. The lowest BCUT2D eigenvalue weighted by Crippen LogP contribution is -2.21. The van der Waals surface area contributed by atoms with Crippen molar-refractivity contribution in [3.05, 3.63) is 12.2 Å². The summed E-state index contributed by atoms with van der Waals surface area (Å²) in [4.78, 5) is 14.5. The first-order valence-electron chi connectivity index (χ1n) is 4.01. The fourth-order valence-corrected chi connectivity index (χ4v) is 1.11. The maximum atomic E-state index is 10.9. The lowest BCUT2D eigenvalue weighted by atomic mass is 9.81. The minimum atomic E-state index is -0.742. The van der Waals surface area contributed by atoms with Crippen LogP contribution in [-0.2, 0) is 9.68 Å². The molecule has 70 valence electrons. The van der Waals surface area contributed by atoms with E-state index in [0.717, 1.165) is 12.8 Å². The first-order valence-corrected chi connectivity index (χ1v) is 4.01. The minimum Gasteiger partial charge on any atom is -0.296 e. The highest BCUT2D eigenvalue weighted by atomic mass is 17.1. The third kappa shape index (κ3) is 2.66. The molecule has 12 heavy (non-hydrogen) atoms. The molecule has 3 heteroatoms. The Balaban J connectivity index is 4.34. The Morgan fingerprint density at radius 3 is 2.42 bits per heavy atom. The Morgan fingerprint density at radius 2 is 2.08 bits per heavy atom. The molecule has 0 amide bonds. The molecule has 0 rings (SSSR count). The number of carbonyl (C=O) groups is 1. The van der Waals surface area contributed by atoms with Gasteiger partial charge in [-0.25, -0.2) is 4.79 Å². The molecule has 0 spiro atoms. The van der Waals surface area contributed by atoms with Crippen molar-refractivity contribution < 1.29 is 14.9 Å².